The van der Waals surface area contributed by atoms with Gasteiger partial charge in [-0.3, -0.25) is 0 Å². The average molecular weight is 805 g/mol. The van der Waals surface area contributed by atoms with Gasteiger partial charge in [0.2, 0.25) is 0 Å². The number of para-hydroxylation sites is 4. The van der Waals surface area contributed by atoms with Gasteiger partial charge in [-0.2, -0.15) is 0 Å². The molecule has 0 N–H and O–H groups in total. The molecule has 0 unspecified atom stereocenters. The molecule has 0 spiro atoms. The summed E-state index contributed by atoms with van der Waals surface area (Å²) in [7, 11) is 0. The fraction of sp³-hybridized carbons (Fsp3) is 0. The lowest BCUT2D eigenvalue weighted by molar-refractivity contribution is 1.07. The summed E-state index contributed by atoms with van der Waals surface area (Å²) in [5.41, 5.74) is 12.9. The van der Waals surface area contributed by atoms with E-state index in [9.17, 15) is 0 Å². The van der Waals surface area contributed by atoms with E-state index in [2.05, 4.69) is 171 Å². The van der Waals surface area contributed by atoms with E-state index in [0.717, 1.165) is 55.8 Å². The van der Waals surface area contributed by atoms with Crippen molar-refractivity contribution in [2.45, 2.75) is 0 Å². The first-order valence-electron chi connectivity index (χ1n) is 21.3. The third-order valence-electron chi connectivity index (χ3n) is 12.5. The molecule has 0 saturated heterocycles. The van der Waals surface area contributed by atoms with Crippen LogP contribution in [0.2, 0.25) is 0 Å². The minimum atomic E-state index is 0.617. The second-order valence-electron chi connectivity index (χ2n) is 16.0. The monoisotopic (exact) mass is 804 g/mol. The number of hydrogen-bond donors (Lipinski definition) is 0. The SMILES string of the molecule is c1ccc(-c2nc(-c3ccccc3)nc(-c3cccc(-n4c5ccccc5c5ccc6c7ccccc7n(-c7cccc(-n8c9ccccc9c9ccccc98)c7)c6c54)c3)n2)cc1. The number of rotatable bonds is 6. The zero-order chi connectivity index (χ0) is 41.4. The smallest absolute Gasteiger partial charge is 0.164 e. The molecule has 0 aliphatic heterocycles. The molecule has 0 fully saturated rings. The zero-order valence-electron chi connectivity index (χ0n) is 34.0. The Morgan fingerprint density at radius 3 is 1.05 bits per heavy atom. The second kappa shape index (κ2) is 14.0. The lowest BCUT2D eigenvalue weighted by Crippen LogP contribution is -2.02. The summed E-state index contributed by atoms with van der Waals surface area (Å²) < 4.78 is 7.29. The number of benzene rings is 9. The van der Waals surface area contributed by atoms with Crippen LogP contribution in [-0.2, 0) is 0 Å². The van der Waals surface area contributed by atoms with Crippen molar-refractivity contribution in [3.05, 3.63) is 218 Å². The van der Waals surface area contributed by atoms with E-state index in [1.807, 2.05) is 60.7 Å². The molecule has 294 valence electrons. The van der Waals surface area contributed by atoms with E-state index < -0.39 is 0 Å². The molecule has 0 bridgehead atoms. The van der Waals surface area contributed by atoms with Gasteiger partial charge in [0.05, 0.1) is 33.1 Å². The Kier molecular flexibility index (Phi) is 7.80. The van der Waals surface area contributed by atoms with Crippen molar-refractivity contribution in [1.82, 2.24) is 28.7 Å². The fourth-order valence-corrected chi connectivity index (χ4v) is 9.73. The molecule has 6 nitrogen and oxygen atoms in total. The van der Waals surface area contributed by atoms with E-state index in [1.54, 1.807) is 0 Å². The molecule has 0 aliphatic rings. The van der Waals surface area contributed by atoms with Crippen molar-refractivity contribution in [2.24, 2.45) is 0 Å². The largest absolute Gasteiger partial charge is 0.309 e. The Balaban J connectivity index is 1.07. The highest BCUT2D eigenvalue weighted by molar-refractivity contribution is 6.24. The molecule has 13 aromatic rings. The molecule has 0 amide bonds. The Morgan fingerprint density at radius 2 is 0.571 bits per heavy atom. The van der Waals surface area contributed by atoms with E-state index in [4.69, 9.17) is 15.0 Å². The Labute approximate surface area is 362 Å². The molecule has 13 rings (SSSR count). The predicted octanol–water partition coefficient (Wildman–Crippen LogP) is 14.2. The van der Waals surface area contributed by atoms with Crippen molar-refractivity contribution < 1.29 is 0 Å². The highest BCUT2D eigenvalue weighted by Gasteiger charge is 2.22. The van der Waals surface area contributed by atoms with Crippen molar-refractivity contribution in [1.29, 1.82) is 0 Å². The van der Waals surface area contributed by atoms with Gasteiger partial charge in [0.25, 0.3) is 0 Å². The van der Waals surface area contributed by atoms with Gasteiger partial charge in [0.1, 0.15) is 0 Å². The normalized spacial score (nSPS) is 11.8. The summed E-state index contributed by atoms with van der Waals surface area (Å²) >= 11 is 0. The summed E-state index contributed by atoms with van der Waals surface area (Å²) in [5, 5.41) is 7.26. The summed E-state index contributed by atoms with van der Waals surface area (Å²) in [5.74, 6) is 1.89. The molecule has 63 heavy (non-hydrogen) atoms. The standard InChI is InChI=1S/C57H36N6/c1-3-17-37(18-4-1)55-58-56(38-19-5-2-6-20-38)60-57(59-55)39-21-15-22-40(35-39)62-51-31-13-9-27-45(51)47-33-34-48-46-28-10-14-32-52(46)63(54(48)53(47)62)42-24-16-23-41(36-42)61-49-29-11-7-25-43(49)44-26-8-12-30-50(44)61/h1-36H. The second-order valence-corrected chi connectivity index (χ2v) is 16.0. The van der Waals surface area contributed by atoms with E-state index in [1.165, 1.54) is 43.4 Å². The first-order valence-corrected chi connectivity index (χ1v) is 21.3. The van der Waals surface area contributed by atoms with Crippen LogP contribution in [0.25, 0.3) is 117 Å². The van der Waals surface area contributed by atoms with Gasteiger partial charge in [-0.1, -0.05) is 164 Å². The van der Waals surface area contributed by atoms with E-state index in [-0.39, 0.29) is 0 Å². The van der Waals surface area contributed by atoms with Crippen molar-refractivity contribution in [2.75, 3.05) is 0 Å². The Bertz CT molecular complexity index is 3800. The van der Waals surface area contributed by atoms with Gasteiger partial charge in [-0.05, 0) is 54.6 Å². The van der Waals surface area contributed by atoms with Crippen LogP contribution < -0.4 is 0 Å². The number of hydrogen-bond acceptors (Lipinski definition) is 3. The first-order chi connectivity index (χ1) is 31.3. The first kappa shape index (κ1) is 35.2. The van der Waals surface area contributed by atoms with Gasteiger partial charge >= 0.3 is 0 Å². The van der Waals surface area contributed by atoms with Crippen molar-refractivity contribution >= 4 is 65.4 Å². The summed E-state index contributed by atoms with van der Waals surface area (Å²) in [6.07, 6.45) is 0. The zero-order valence-corrected chi connectivity index (χ0v) is 34.0. The summed E-state index contributed by atoms with van der Waals surface area (Å²) in [4.78, 5) is 15.2. The quantitative estimate of drug-likeness (QED) is 0.168. The Morgan fingerprint density at radius 1 is 0.238 bits per heavy atom. The van der Waals surface area contributed by atoms with Gasteiger partial charge in [-0.15, -0.1) is 0 Å². The average Bonchev–Trinajstić information content (AvgIpc) is 4.00. The third-order valence-corrected chi connectivity index (χ3v) is 12.5. The Hall–Kier alpha value is -8.61. The highest BCUT2D eigenvalue weighted by atomic mass is 15.1. The van der Waals surface area contributed by atoms with Crippen LogP contribution in [0.15, 0.2) is 218 Å². The maximum absolute atomic E-state index is 5.11. The summed E-state index contributed by atoms with van der Waals surface area (Å²) in [6, 6.07) is 77.5. The van der Waals surface area contributed by atoms with Crippen LogP contribution in [-0.4, -0.2) is 28.7 Å². The molecule has 0 saturated carbocycles. The molecular formula is C57H36N6. The van der Waals surface area contributed by atoms with Crippen molar-refractivity contribution in [3.8, 4) is 51.2 Å². The highest BCUT2D eigenvalue weighted by Crippen LogP contribution is 2.43. The predicted molar refractivity (Wildman–Crippen MR) is 259 cm³/mol. The molecule has 4 aromatic heterocycles. The van der Waals surface area contributed by atoms with Gasteiger partial charge < -0.3 is 13.7 Å². The van der Waals surface area contributed by atoms with Crippen LogP contribution in [0, 0.1) is 0 Å². The van der Waals surface area contributed by atoms with Crippen LogP contribution in [0.3, 0.4) is 0 Å². The number of nitrogens with zero attached hydrogens (tertiary/aromatic N) is 6. The molecule has 0 atom stereocenters. The van der Waals surface area contributed by atoms with E-state index >= 15 is 0 Å². The van der Waals surface area contributed by atoms with Gasteiger partial charge in [-0.25, -0.2) is 15.0 Å². The molecule has 6 heteroatoms. The van der Waals surface area contributed by atoms with Crippen molar-refractivity contribution in [3.63, 3.8) is 0 Å². The molecule has 4 heterocycles. The maximum atomic E-state index is 5.11. The van der Waals surface area contributed by atoms with Crippen LogP contribution >= 0.6 is 0 Å². The lowest BCUT2D eigenvalue weighted by Gasteiger charge is -2.15. The minimum Gasteiger partial charge on any atom is -0.309 e. The molecule has 0 radical (unpaired) electrons. The molecule has 9 aromatic carbocycles. The summed E-state index contributed by atoms with van der Waals surface area (Å²) in [6.45, 7) is 0. The van der Waals surface area contributed by atoms with Crippen LogP contribution in [0.5, 0.6) is 0 Å². The number of aromatic nitrogens is 6. The third kappa shape index (κ3) is 5.48. The minimum absolute atomic E-state index is 0.617. The topological polar surface area (TPSA) is 53.5 Å². The van der Waals surface area contributed by atoms with E-state index in [0.29, 0.717) is 17.5 Å². The van der Waals surface area contributed by atoms with Gasteiger partial charge in [0.15, 0.2) is 17.5 Å². The van der Waals surface area contributed by atoms with Crippen LogP contribution in [0.4, 0.5) is 0 Å². The number of fused-ring (bicyclic) bond motifs is 10. The fourth-order valence-electron chi connectivity index (χ4n) is 9.73. The van der Waals surface area contributed by atoms with Gasteiger partial charge in [0, 0.05) is 66.1 Å². The lowest BCUT2D eigenvalue weighted by atomic mass is 10.1. The maximum Gasteiger partial charge on any atom is 0.164 e. The molecular weight excluding hydrogens is 769 g/mol. The van der Waals surface area contributed by atoms with Crippen LogP contribution in [0.1, 0.15) is 0 Å². The molecule has 0 aliphatic carbocycles.